The van der Waals surface area contributed by atoms with Gasteiger partial charge in [0.25, 0.3) is 0 Å². The fourth-order valence-corrected chi connectivity index (χ4v) is 2.72. The molecule has 0 amide bonds. The molecule has 2 heterocycles. The van der Waals surface area contributed by atoms with Crippen molar-refractivity contribution in [1.82, 2.24) is 9.97 Å². The van der Waals surface area contributed by atoms with E-state index >= 15 is 0 Å². The van der Waals surface area contributed by atoms with Crippen LogP contribution in [0.2, 0.25) is 5.02 Å². The summed E-state index contributed by atoms with van der Waals surface area (Å²) < 4.78 is 0. The molecule has 1 unspecified atom stereocenters. The Kier molecular flexibility index (Phi) is 3.89. The normalized spacial score (nSPS) is 17.5. The van der Waals surface area contributed by atoms with Gasteiger partial charge in [-0.15, -0.1) is 0 Å². The highest BCUT2D eigenvalue weighted by Crippen LogP contribution is 2.26. The summed E-state index contributed by atoms with van der Waals surface area (Å²) in [6.45, 7) is 1.75. The molecule has 106 valence electrons. The fraction of sp³-hybridized carbons (Fsp3) is 0.267. The van der Waals surface area contributed by atoms with Gasteiger partial charge in [0.15, 0.2) is 0 Å². The lowest BCUT2D eigenvalue weighted by Crippen LogP contribution is -2.26. The van der Waals surface area contributed by atoms with E-state index in [9.17, 15) is 0 Å². The van der Waals surface area contributed by atoms with Gasteiger partial charge < -0.3 is 10.2 Å². The minimum atomic E-state index is 0.289. The van der Waals surface area contributed by atoms with E-state index in [1.165, 1.54) is 0 Å². The largest absolute Gasteiger partial charge is 0.369 e. The third kappa shape index (κ3) is 3.23. The first-order chi connectivity index (χ1) is 10.2. The molecular weight excluding hydrogens is 286 g/mol. The van der Waals surface area contributed by atoms with Crippen molar-refractivity contribution in [3.8, 4) is 6.07 Å². The lowest BCUT2D eigenvalue weighted by atomic mass is 10.2. The molecule has 1 atom stereocenters. The molecular formula is C15H14ClN5. The summed E-state index contributed by atoms with van der Waals surface area (Å²) in [5, 5.41) is 12.9. The Bertz CT molecular complexity index is 668. The van der Waals surface area contributed by atoms with Crippen LogP contribution in [0.3, 0.4) is 0 Å². The highest BCUT2D eigenvalue weighted by molar-refractivity contribution is 6.31. The maximum absolute atomic E-state index is 9.02. The number of rotatable bonds is 3. The summed E-state index contributed by atoms with van der Waals surface area (Å²) in [7, 11) is 0. The molecule has 1 fully saturated rings. The Morgan fingerprint density at radius 1 is 1.29 bits per heavy atom. The van der Waals surface area contributed by atoms with Crippen LogP contribution < -0.4 is 10.2 Å². The van der Waals surface area contributed by atoms with E-state index in [-0.39, 0.29) is 6.04 Å². The van der Waals surface area contributed by atoms with Crippen molar-refractivity contribution in [1.29, 1.82) is 5.26 Å². The SMILES string of the molecule is N#Cc1cc(Cl)cc(N2CCC(Nc3ncccn3)C2)c1. The molecule has 0 bridgehead atoms. The molecule has 0 radical (unpaired) electrons. The summed E-state index contributed by atoms with van der Waals surface area (Å²) in [6.07, 6.45) is 4.43. The van der Waals surface area contributed by atoms with Crippen LogP contribution in [0.1, 0.15) is 12.0 Å². The lowest BCUT2D eigenvalue weighted by molar-refractivity contribution is 0.792. The van der Waals surface area contributed by atoms with E-state index in [2.05, 4.69) is 26.3 Å². The molecule has 21 heavy (non-hydrogen) atoms. The third-order valence-electron chi connectivity index (χ3n) is 3.46. The standard InChI is InChI=1S/C15H14ClN5/c16-12-6-11(9-17)7-14(8-12)21-5-2-13(10-21)20-15-18-3-1-4-19-15/h1,3-4,6-8,13H,2,5,10H2,(H,18,19,20). The number of anilines is 2. The average Bonchev–Trinajstić information content (AvgIpc) is 2.96. The van der Waals surface area contributed by atoms with Crippen molar-refractivity contribution in [3.63, 3.8) is 0 Å². The van der Waals surface area contributed by atoms with Crippen LogP contribution >= 0.6 is 11.6 Å². The molecule has 6 heteroatoms. The van der Waals surface area contributed by atoms with Crippen LogP contribution in [0, 0.1) is 11.3 Å². The zero-order valence-electron chi connectivity index (χ0n) is 11.3. The highest BCUT2D eigenvalue weighted by atomic mass is 35.5. The first-order valence-electron chi connectivity index (χ1n) is 6.74. The minimum Gasteiger partial charge on any atom is -0.369 e. The molecule has 0 aliphatic carbocycles. The maximum Gasteiger partial charge on any atom is 0.222 e. The van der Waals surface area contributed by atoms with Crippen LogP contribution in [0.15, 0.2) is 36.7 Å². The van der Waals surface area contributed by atoms with Crippen LogP contribution in [0.25, 0.3) is 0 Å². The van der Waals surface area contributed by atoms with Gasteiger partial charge in [0.1, 0.15) is 0 Å². The van der Waals surface area contributed by atoms with Crippen LogP contribution in [-0.2, 0) is 0 Å². The van der Waals surface area contributed by atoms with E-state index in [4.69, 9.17) is 16.9 Å². The molecule has 1 aromatic heterocycles. The fourth-order valence-electron chi connectivity index (χ4n) is 2.49. The molecule has 5 nitrogen and oxygen atoms in total. The van der Waals surface area contributed by atoms with E-state index < -0.39 is 0 Å². The summed E-state index contributed by atoms with van der Waals surface area (Å²) >= 11 is 6.06. The van der Waals surface area contributed by atoms with Crippen molar-refractivity contribution in [2.24, 2.45) is 0 Å². The van der Waals surface area contributed by atoms with Crippen LogP contribution in [0.5, 0.6) is 0 Å². The zero-order valence-corrected chi connectivity index (χ0v) is 12.1. The maximum atomic E-state index is 9.02. The van der Waals surface area contributed by atoms with E-state index in [1.807, 2.05) is 12.1 Å². The molecule has 1 aliphatic rings. The monoisotopic (exact) mass is 299 g/mol. The summed E-state index contributed by atoms with van der Waals surface area (Å²) in [4.78, 5) is 10.6. The van der Waals surface area contributed by atoms with Gasteiger partial charge in [-0.05, 0) is 30.7 Å². The number of hydrogen-bond donors (Lipinski definition) is 1. The van der Waals surface area contributed by atoms with Gasteiger partial charge in [-0.1, -0.05) is 11.6 Å². The average molecular weight is 300 g/mol. The molecule has 0 saturated carbocycles. The predicted molar refractivity (Wildman–Crippen MR) is 82.4 cm³/mol. The molecule has 1 aliphatic heterocycles. The van der Waals surface area contributed by atoms with Crippen molar-refractivity contribution >= 4 is 23.2 Å². The number of nitriles is 1. The lowest BCUT2D eigenvalue weighted by Gasteiger charge is -2.19. The zero-order chi connectivity index (χ0) is 14.7. The summed E-state index contributed by atoms with van der Waals surface area (Å²) in [5.74, 6) is 0.646. The second-order valence-electron chi connectivity index (χ2n) is 4.96. The number of nitrogens with zero attached hydrogens (tertiary/aromatic N) is 4. The molecule has 1 aromatic carbocycles. The van der Waals surface area contributed by atoms with Crippen molar-refractivity contribution in [2.45, 2.75) is 12.5 Å². The van der Waals surface area contributed by atoms with Gasteiger partial charge in [0.2, 0.25) is 5.95 Å². The van der Waals surface area contributed by atoms with Crippen LogP contribution in [0.4, 0.5) is 11.6 Å². The number of hydrogen-bond acceptors (Lipinski definition) is 5. The second kappa shape index (κ2) is 5.98. The number of halogens is 1. The molecule has 2 aromatic rings. The first-order valence-corrected chi connectivity index (χ1v) is 7.11. The molecule has 3 rings (SSSR count). The Morgan fingerprint density at radius 3 is 2.86 bits per heavy atom. The van der Waals surface area contributed by atoms with E-state index in [0.29, 0.717) is 16.5 Å². The smallest absolute Gasteiger partial charge is 0.222 e. The van der Waals surface area contributed by atoms with Crippen molar-refractivity contribution in [3.05, 3.63) is 47.2 Å². The summed E-state index contributed by atoms with van der Waals surface area (Å²) in [6, 6.07) is 9.65. The van der Waals surface area contributed by atoms with Crippen LogP contribution in [-0.4, -0.2) is 29.1 Å². The van der Waals surface area contributed by atoms with Gasteiger partial charge in [-0.3, -0.25) is 0 Å². The predicted octanol–water partition coefficient (Wildman–Crippen LogP) is 2.69. The van der Waals surface area contributed by atoms with E-state index in [1.54, 1.807) is 24.5 Å². The number of nitrogens with one attached hydrogen (secondary N) is 1. The Hall–Kier alpha value is -2.32. The molecule has 0 spiro atoms. The molecule has 1 saturated heterocycles. The quantitative estimate of drug-likeness (QED) is 0.944. The van der Waals surface area contributed by atoms with Gasteiger partial charge in [0.05, 0.1) is 11.6 Å². The minimum absolute atomic E-state index is 0.289. The highest BCUT2D eigenvalue weighted by Gasteiger charge is 2.23. The molecule has 1 N–H and O–H groups in total. The van der Waals surface area contributed by atoms with Gasteiger partial charge in [-0.2, -0.15) is 5.26 Å². The summed E-state index contributed by atoms with van der Waals surface area (Å²) in [5.41, 5.74) is 1.57. The first kappa shape index (κ1) is 13.7. The Balaban J connectivity index is 1.70. The van der Waals surface area contributed by atoms with Gasteiger partial charge in [0, 0.05) is 42.2 Å². The Morgan fingerprint density at radius 2 is 2.10 bits per heavy atom. The number of benzene rings is 1. The van der Waals surface area contributed by atoms with E-state index in [0.717, 1.165) is 25.2 Å². The third-order valence-corrected chi connectivity index (χ3v) is 3.68. The van der Waals surface area contributed by atoms with Crippen molar-refractivity contribution < 1.29 is 0 Å². The topological polar surface area (TPSA) is 64.8 Å². The Labute approximate surface area is 128 Å². The number of aromatic nitrogens is 2. The second-order valence-corrected chi connectivity index (χ2v) is 5.39. The van der Waals surface area contributed by atoms with Gasteiger partial charge >= 0.3 is 0 Å². The van der Waals surface area contributed by atoms with Gasteiger partial charge in [-0.25, -0.2) is 9.97 Å². The van der Waals surface area contributed by atoms with Crippen molar-refractivity contribution in [2.75, 3.05) is 23.3 Å².